The van der Waals surface area contributed by atoms with Crippen molar-refractivity contribution in [1.82, 2.24) is 0 Å². The number of carboxylic acids is 1. The zero-order valence-electron chi connectivity index (χ0n) is 11.5. The van der Waals surface area contributed by atoms with E-state index in [1.807, 2.05) is 0 Å². The number of rotatable bonds is 12. The van der Waals surface area contributed by atoms with E-state index in [9.17, 15) is 4.79 Å². The molecule has 7 heteroatoms. The summed E-state index contributed by atoms with van der Waals surface area (Å²) in [6.07, 6.45) is 1.33. The molecule has 0 amide bonds. The van der Waals surface area contributed by atoms with Gasteiger partial charge in [0.05, 0.1) is 45.9 Å². The van der Waals surface area contributed by atoms with Crippen LogP contribution in [0.15, 0.2) is 16.7 Å². The maximum absolute atomic E-state index is 10.8. The number of hydrogen-bond acceptors (Lipinski definition) is 6. The molecule has 20 heavy (non-hydrogen) atoms. The Kier molecular flexibility index (Phi) is 8.64. The number of carbonyl (C=O) groups is 1. The summed E-state index contributed by atoms with van der Waals surface area (Å²) in [4.78, 5) is 10.8. The fraction of sp³-hybridized carbons (Fsp3) is 0.615. The molecule has 114 valence electrons. The van der Waals surface area contributed by atoms with E-state index in [0.29, 0.717) is 45.4 Å². The predicted octanol–water partition coefficient (Wildman–Crippen LogP) is 1.17. The second kappa shape index (κ2) is 10.4. The number of aromatic carboxylic acids is 1. The van der Waals surface area contributed by atoms with Gasteiger partial charge in [0.15, 0.2) is 0 Å². The van der Waals surface area contributed by atoms with Gasteiger partial charge in [-0.2, -0.15) is 0 Å². The normalized spacial score (nSPS) is 10.8. The molecule has 1 N–H and O–H groups in total. The first-order valence-corrected chi connectivity index (χ1v) is 6.27. The smallest absolute Gasteiger partial charge is 0.339 e. The van der Waals surface area contributed by atoms with Gasteiger partial charge in [-0.25, -0.2) is 4.79 Å². The van der Waals surface area contributed by atoms with E-state index < -0.39 is 5.97 Å². The van der Waals surface area contributed by atoms with Crippen molar-refractivity contribution in [3.8, 4) is 0 Å². The molecule has 1 rings (SSSR count). The minimum Gasteiger partial charge on any atom is -0.478 e. The number of furan rings is 1. The average molecular weight is 288 g/mol. The van der Waals surface area contributed by atoms with Crippen molar-refractivity contribution in [3.63, 3.8) is 0 Å². The van der Waals surface area contributed by atoms with Crippen molar-refractivity contribution in [2.75, 3.05) is 46.8 Å². The van der Waals surface area contributed by atoms with Gasteiger partial charge in [0.1, 0.15) is 17.9 Å². The highest BCUT2D eigenvalue weighted by molar-refractivity contribution is 5.88. The van der Waals surface area contributed by atoms with Gasteiger partial charge in [-0.3, -0.25) is 0 Å². The molecule has 1 aromatic rings. The second-order valence-corrected chi connectivity index (χ2v) is 3.83. The van der Waals surface area contributed by atoms with E-state index in [1.165, 1.54) is 12.3 Å². The van der Waals surface area contributed by atoms with E-state index in [4.69, 9.17) is 28.5 Å². The third-order valence-electron chi connectivity index (χ3n) is 2.38. The van der Waals surface area contributed by atoms with Gasteiger partial charge in [0.2, 0.25) is 0 Å². The highest BCUT2D eigenvalue weighted by Gasteiger charge is 2.12. The van der Waals surface area contributed by atoms with Crippen LogP contribution in [-0.2, 0) is 25.6 Å². The van der Waals surface area contributed by atoms with Gasteiger partial charge < -0.3 is 28.5 Å². The molecule has 0 fully saturated rings. The molecular formula is C13H20O7. The molecule has 1 heterocycles. The Labute approximate surface area is 117 Å². The van der Waals surface area contributed by atoms with Gasteiger partial charge in [-0.05, 0) is 6.07 Å². The summed E-state index contributed by atoms with van der Waals surface area (Å²) in [5, 5.41) is 8.85. The van der Waals surface area contributed by atoms with Crippen molar-refractivity contribution in [2.45, 2.75) is 6.61 Å². The Hall–Kier alpha value is -1.41. The lowest BCUT2D eigenvalue weighted by atomic mass is 10.2. The van der Waals surface area contributed by atoms with Crippen molar-refractivity contribution in [2.24, 2.45) is 0 Å². The molecule has 0 saturated heterocycles. The van der Waals surface area contributed by atoms with Crippen LogP contribution in [0.3, 0.4) is 0 Å². The molecule has 0 saturated carbocycles. The lowest BCUT2D eigenvalue weighted by Gasteiger charge is -2.06. The Morgan fingerprint density at radius 2 is 1.70 bits per heavy atom. The van der Waals surface area contributed by atoms with Crippen LogP contribution in [0.25, 0.3) is 0 Å². The van der Waals surface area contributed by atoms with Crippen LogP contribution in [0.4, 0.5) is 0 Å². The fourth-order valence-electron chi connectivity index (χ4n) is 1.39. The molecule has 0 bridgehead atoms. The molecular weight excluding hydrogens is 268 g/mol. The van der Waals surface area contributed by atoms with Gasteiger partial charge in [0.25, 0.3) is 0 Å². The van der Waals surface area contributed by atoms with Crippen molar-refractivity contribution in [3.05, 3.63) is 23.7 Å². The number of hydrogen-bond donors (Lipinski definition) is 1. The van der Waals surface area contributed by atoms with Gasteiger partial charge >= 0.3 is 5.97 Å². The maximum atomic E-state index is 10.8. The Morgan fingerprint density at radius 3 is 2.30 bits per heavy atom. The molecule has 7 nitrogen and oxygen atoms in total. The zero-order chi connectivity index (χ0) is 14.6. The summed E-state index contributed by atoms with van der Waals surface area (Å²) in [7, 11) is 1.62. The second-order valence-electron chi connectivity index (χ2n) is 3.83. The van der Waals surface area contributed by atoms with Crippen molar-refractivity contribution >= 4 is 5.97 Å². The monoisotopic (exact) mass is 288 g/mol. The summed E-state index contributed by atoms with van der Waals surface area (Å²) < 4.78 is 25.6. The SMILES string of the molecule is COCCOCCOCCOCc1occc1C(=O)O. The molecule has 1 aromatic heterocycles. The number of ether oxygens (including phenoxy) is 4. The first kappa shape index (κ1) is 16.6. The fourth-order valence-corrected chi connectivity index (χ4v) is 1.39. The Bertz CT molecular complexity index is 375. The minimum atomic E-state index is -1.03. The van der Waals surface area contributed by atoms with E-state index in [-0.39, 0.29) is 12.2 Å². The summed E-state index contributed by atoms with van der Waals surface area (Å²) >= 11 is 0. The van der Waals surface area contributed by atoms with E-state index in [0.717, 1.165) is 0 Å². The third-order valence-corrected chi connectivity index (χ3v) is 2.38. The van der Waals surface area contributed by atoms with E-state index in [2.05, 4.69) is 0 Å². The van der Waals surface area contributed by atoms with E-state index >= 15 is 0 Å². The summed E-state index contributed by atoms with van der Waals surface area (Å²) in [5.74, 6) is -0.720. The largest absolute Gasteiger partial charge is 0.478 e. The summed E-state index contributed by atoms with van der Waals surface area (Å²) in [6, 6.07) is 1.40. The molecule has 0 aliphatic rings. The number of methoxy groups -OCH3 is 1. The van der Waals surface area contributed by atoms with Crippen molar-refractivity contribution in [1.29, 1.82) is 0 Å². The van der Waals surface area contributed by atoms with Crippen LogP contribution in [0.1, 0.15) is 16.1 Å². The lowest BCUT2D eigenvalue weighted by Crippen LogP contribution is -2.11. The molecule has 0 atom stereocenters. The first-order chi connectivity index (χ1) is 9.75. The first-order valence-electron chi connectivity index (χ1n) is 6.27. The minimum absolute atomic E-state index is 0.113. The van der Waals surface area contributed by atoms with Gasteiger partial charge in [-0.1, -0.05) is 0 Å². The van der Waals surface area contributed by atoms with Crippen molar-refractivity contribution < 1.29 is 33.3 Å². The van der Waals surface area contributed by atoms with Crippen LogP contribution < -0.4 is 0 Å². The highest BCUT2D eigenvalue weighted by Crippen LogP contribution is 2.11. The molecule has 0 aliphatic heterocycles. The van der Waals surface area contributed by atoms with Gasteiger partial charge in [-0.15, -0.1) is 0 Å². The molecule has 0 aliphatic carbocycles. The topological polar surface area (TPSA) is 87.4 Å². The lowest BCUT2D eigenvalue weighted by molar-refractivity contribution is -0.00143. The molecule has 0 aromatic carbocycles. The highest BCUT2D eigenvalue weighted by atomic mass is 16.6. The van der Waals surface area contributed by atoms with Crippen LogP contribution in [-0.4, -0.2) is 57.8 Å². The maximum Gasteiger partial charge on any atom is 0.339 e. The predicted molar refractivity (Wildman–Crippen MR) is 68.8 cm³/mol. The van der Waals surface area contributed by atoms with Gasteiger partial charge in [0, 0.05) is 7.11 Å². The van der Waals surface area contributed by atoms with Crippen LogP contribution in [0.2, 0.25) is 0 Å². The number of carboxylic acid groups (broad SMARTS) is 1. The molecule has 0 unspecified atom stereocenters. The quantitative estimate of drug-likeness (QED) is 0.578. The van der Waals surface area contributed by atoms with Crippen LogP contribution in [0, 0.1) is 0 Å². The molecule has 0 radical (unpaired) electrons. The zero-order valence-corrected chi connectivity index (χ0v) is 11.5. The summed E-state index contributed by atoms with van der Waals surface area (Å²) in [5.41, 5.74) is 0.123. The third kappa shape index (κ3) is 6.67. The van der Waals surface area contributed by atoms with Crippen LogP contribution in [0.5, 0.6) is 0 Å². The van der Waals surface area contributed by atoms with Crippen LogP contribution >= 0.6 is 0 Å². The Morgan fingerprint density at radius 1 is 1.10 bits per heavy atom. The Balaban J connectivity index is 1.97. The average Bonchev–Trinajstić information content (AvgIpc) is 2.89. The standard InChI is InChI=1S/C13H20O7/c1-16-4-5-17-6-7-18-8-9-19-10-12-11(13(14)15)2-3-20-12/h2-3H,4-10H2,1H3,(H,14,15). The van der Waals surface area contributed by atoms with E-state index in [1.54, 1.807) is 7.11 Å². The summed E-state index contributed by atoms with van der Waals surface area (Å²) in [6.45, 7) is 2.99. The molecule has 0 spiro atoms.